The first-order valence-electron chi connectivity index (χ1n) is 12.7. The summed E-state index contributed by atoms with van der Waals surface area (Å²) < 4.78 is 0. The third kappa shape index (κ3) is 8.98. The maximum atomic E-state index is 5.38. The van der Waals surface area contributed by atoms with E-state index in [1.54, 1.807) is 0 Å². The lowest BCUT2D eigenvalue weighted by molar-refractivity contribution is 0.400. The molecule has 202 valence electrons. The SMILES string of the molecule is CN(C)CCCNC(=S)N/N=C/c1c2ccccc2c(/C=N/NC(=S)NCCCN(C)C)c2ccccc12. The first-order valence-corrected chi connectivity index (χ1v) is 13.5. The van der Waals surface area contributed by atoms with Crippen LogP contribution in [0, 0.1) is 0 Å². The summed E-state index contributed by atoms with van der Waals surface area (Å²) in [4.78, 5) is 4.30. The zero-order chi connectivity index (χ0) is 27.3. The molecule has 0 atom stereocenters. The molecule has 0 aliphatic rings. The number of nitrogens with zero attached hydrogens (tertiary/aromatic N) is 4. The van der Waals surface area contributed by atoms with E-state index in [4.69, 9.17) is 24.4 Å². The average Bonchev–Trinajstić information content (AvgIpc) is 2.90. The quantitative estimate of drug-likeness (QED) is 0.0898. The van der Waals surface area contributed by atoms with Crippen LogP contribution in [0.4, 0.5) is 0 Å². The molecule has 0 saturated heterocycles. The highest BCUT2D eigenvalue weighted by molar-refractivity contribution is 7.80. The predicted octanol–water partition coefficient (Wildman–Crippen LogP) is 3.49. The Labute approximate surface area is 236 Å². The molecular weight excluding hydrogens is 512 g/mol. The molecule has 0 radical (unpaired) electrons. The second-order valence-corrected chi connectivity index (χ2v) is 10.3. The molecule has 38 heavy (non-hydrogen) atoms. The van der Waals surface area contributed by atoms with E-state index in [1.165, 1.54) is 0 Å². The maximum Gasteiger partial charge on any atom is 0.186 e. The number of fused-ring (bicyclic) bond motifs is 2. The molecule has 0 unspecified atom stereocenters. The Morgan fingerprint density at radius 2 is 1.00 bits per heavy atom. The van der Waals surface area contributed by atoms with Crippen LogP contribution >= 0.6 is 24.4 Å². The van der Waals surface area contributed by atoms with E-state index in [9.17, 15) is 0 Å². The van der Waals surface area contributed by atoms with E-state index in [2.05, 4.69) is 93.9 Å². The Morgan fingerprint density at radius 3 is 1.32 bits per heavy atom. The monoisotopic (exact) mass is 550 g/mol. The second kappa shape index (κ2) is 15.3. The van der Waals surface area contributed by atoms with Crippen LogP contribution in [0.25, 0.3) is 21.5 Å². The Balaban J connectivity index is 1.77. The lowest BCUT2D eigenvalue weighted by Crippen LogP contribution is -2.33. The van der Waals surface area contributed by atoms with Crippen molar-refractivity contribution in [2.45, 2.75) is 12.8 Å². The number of nitrogens with one attached hydrogen (secondary N) is 4. The smallest absolute Gasteiger partial charge is 0.186 e. The number of hydrazone groups is 2. The van der Waals surface area contributed by atoms with Crippen LogP contribution in [-0.4, -0.2) is 86.8 Å². The molecule has 0 aliphatic carbocycles. The highest BCUT2D eigenvalue weighted by atomic mass is 32.1. The number of rotatable bonds is 12. The lowest BCUT2D eigenvalue weighted by Gasteiger charge is -2.13. The molecule has 3 rings (SSSR count). The van der Waals surface area contributed by atoms with Gasteiger partial charge in [0.05, 0.1) is 12.4 Å². The standard InChI is InChI=1S/C28H38N8S2/c1-35(2)17-9-15-29-27(37)33-31-19-25-21-11-5-7-13-23(21)26(24-14-8-6-12-22(24)25)20-32-34-28(38)30-16-10-18-36(3)4/h5-8,11-14,19-20H,9-10,15-18H2,1-4H3,(H2,29,33,37)(H2,30,34,38)/b31-19+,32-20+. The van der Waals surface area contributed by atoms with Gasteiger partial charge in [-0.25, -0.2) is 0 Å². The van der Waals surface area contributed by atoms with Gasteiger partial charge in [-0.05, 0) is 100 Å². The van der Waals surface area contributed by atoms with Gasteiger partial charge in [0.2, 0.25) is 0 Å². The Kier molecular flexibility index (Phi) is 11.8. The van der Waals surface area contributed by atoms with Gasteiger partial charge in [-0.15, -0.1) is 0 Å². The van der Waals surface area contributed by atoms with Crippen molar-refractivity contribution in [3.63, 3.8) is 0 Å². The minimum atomic E-state index is 0.509. The highest BCUT2D eigenvalue weighted by Crippen LogP contribution is 2.31. The molecule has 0 fully saturated rings. The van der Waals surface area contributed by atoms with Crippen LogP contribution in [0.1, 0.15) is 24.0 Å². The van der Waals surface area contributed by atoms with Gasteiger partial charge in [0.1, 0.15) is 0 Å². The van der Waals surface area contributed by atoms with Crippen LogP contribution in [0.2, 0.25) is 0 Å². The summed E-state index contributed by atoms with van der Waals surface area (Å²) in [6, 6.07) is 16.5. The molecule has 0 bridgehead atoms. The average molecular weight is 551 g/mol. The van der Waals surface area contributed by atoms with E-state index in [0.29, 0.717) is 10.2 Å². The molecule has 0 aromatic heterocycles. The summed E-state index contributed by atoms with van der Waals surface area (Å²) in [5.74, 6) is 0. The highest BCUT2D eigenvalue weighted by Gasteiger charge is 2.11. The molecule has 3 aromatic carbocycles. The first-order chi connectivity index (χ1) is 18.4. The molecule has 0 amide bonds. The molecule has 0 spiro atoms. The Morgan fingerprint density at radius 1 is 0.658 bits per heavy atom. The van der Waals surface area contributed by atoms with Crippen molar-refractivity contribution in [1.29, 1.82) is 0 Å². The van der Waals surface area contributed by atoms with Gasteiger partial charge < -0.3 is 20.4 Å². The van der Waals surface area contributed by atoms with Crippen molar-refractivity contribution in [2.24, 2.45) is 10.2 Å². The molecule has 10 heteroatoms. The number of benzene rings is 3. The third-order valence-electron chi connectivity index (χ3n) is 5.87. The zero-order valence-corrected chi connectivity index (χ0v) is 24.3. The summed E-state index contributed by atoms with van der Waals surface area (Å²) in [6.07, 6.45) is 5.68. The largest absolute Gasteiger partial charge is 0.361 e. The van der Waals surface area contributed by atoms with Crippen molar-refractivity contribution in [2.75, 3.05) is 54.4 Å². The maximum absolute atomic E-state index is 5.38. The predicted molar refractivity (Wildman–Crippen MR) is 170 cm³/mol. The van der Waals surface area contributed by atoms with Gasteiger partial charge in [0.25, 0.3) is 0 Å². The van der Waals surface area contributed by atoms with E-state index in [-0.39, 0.29) is 0 Å². The van der Waals surface area contributed by atoms with E-state index < -0.39 is 0 Å². The van der Waals surface area contributed by atoms with Crippen molar-refractivity contribution < 1.29 is 0 Å². The summed E-state index contributed by atoms with van der Waals surface area (Å²) in [6.45, 7) is 3.59. The number of hydrogen-bond acceptors (Lipinski definition) is 6. The normalized spacial score (nSPS) is 11.7. The van der Waals surface area contributed by atoms with Crippen molar-refractivity contribution in [3.8, 4) is 0 Å². The summed E-state index contributed by atoms with van der Waals surface area (Å²) >= 11 is 10.8. The second-order valence-electron chi connectivity index (χ2n) is 9.48. The Hall–Kier alpha value is -3.18. The van der Waals surface area contributed by atoms with Gasteiger partial charge >= 0.3 is 0 Å². The molecule has 4 N–H and O–H groups in total. The summed E-state index contributed by atoms with van der Waals surface area (Å²) in [5, 5.41) is 20.6. The molecular formula is C28H38N8S2. The topological polar surface area (TPSA) is 79.3 Å². The Bertz CT molecular complexity index is 1130. The van der Waals surface area contributed by atoms with Crippen LogP contribution in [0.15, 0.2) is 58.7 Å². The molecule has 0 aliphatic heterocycles. The van der Waals surface area contributed by atoms with Crippen molar-refractivity contribution >= 4 is 68.6 Å². The van der Waals surface area contributed by atoms with Crippen LogP contribution in [0.5, 0.6) is 0 Å². The van der Waals surface area contributed by atoms with Crippen LogP contribution in [0.3, 0.4) is 0 Å². The summed E-state index contributed by atoms with van der Waals surface area (Å²) in [7, 11) is 8.24. The lowest BCUT2D eigenvalue weighted by atomic mass is 9.92. The minimum Gasteiger partial charge on any atom is -0.361 e. The van der Waals surface area contributed by atoms with Gasteiger partial charge in [-0.2, -0.15) is 10.2 Å². The van der Waals surface area contributed by atoms with Crippen molar-refractivity contribution in [3.05, 3.63) is 59.7 Å². The van der Waals surface area contributed by atoms with Gasteiger partial charge in [0.15, 0.2) is 10.2 Å². The third-order valence-corrected chi connectivity index (χ3v) is 6.34. The van der Waals surface area contributed by atoms with E-state index >= 15 is 0 Å². The molecule has 3 aromatic rings. The van der Waals surface area contributed by atoms with Crippen LogP contribution < -0.4 is 21.5 Å². The minimum absolute atomic E-state index is 0.509. The fourth-order valence-corrected chi connectivity index (χ4v) is 4.37. The number of hydrogen-bond donors (Lipinski definition) is 4. The fourth-order valence-electron chi connectivity index (χ4n) is 4.06. The van der Waals surface area contributed by atoms with Gasteiger partial charge in [-0.3, -0.25) is 10.9 Å². The first kappa shape index (κ1) is 29.4. The summed E-state index contributed by atoms with van der Waals surface area (Å²) in [5.41, 5.74) is 7.94. The van der Waals surface area contributed by atoms with E-state index in [1.807, 2.05) is 36.7 Å². The molecule has 8 nitrogen and oxygen atoms in total. The van der Waals surface area contributed by atoms with Crippen LogP contribution in [-0.2, 0) is 0 Å². The van der Waals surface area contributed by atoms with Gasteiger partial charge in [0, 0.05) is 24.2 Å². The van der Waals surface area contributed by atoms with Crippen molar-refractivity contribution in [1.82, 2.24) is 31.3 Å². The fraction of sp³-hybridized carbons (Fsp3) is 0.357. The zero-order valence-electron chi connectivity index (χ0n) is 22.6. The molecule has 0 heterocycles. The molecule has 0 saturated carbocycles. The van der Waals surface area contributed by atoms with E-state index in [0.717, 1.165) is 71.7 Å². The number of thiocarbonyl (C=S) groups is 2. The van der Waals surface area contributed by atoms with Gasteiger partial charge in [-0.1, -0.05) is 48.5 Å².